The first-order valence-electron chi connectivity index (χ1n) is 8.06. The quantitative estimate of drug-likeness (QED) is 0.818. The number of thioether (sulfide) groups is 1. The van der Waals surface area contributed by atoms with Gasteiger partial charge in [-0.2, -0.15) is 11.8 Å². The van der Waals surface area contributed by atoms with Gasteiger partial charge in [0.2, 0.25) is 5.91 Å². The predicted octanol–water partition coefficient (Wildman–Crippen LogP) is 2.29. The lowest BCUT2D eigenvalue weighted by Gasteiger charge is -2.53. The number of hydrogen-bond acceptors (Lipinski definition) is 3. The van der Waals surface area contributed by atoms with Gasteiger partial charge in [-0.05, 0) is 69.0 Å². The van der Waals surface area contributed by atoms with Crippen LogP contribution < -0.4 is 5.32 Å². The Balaban J connectivity index is 1.63. The van der Waals surface area contributed by atoms with Crippen LogP contribution in [0.1, 0.15) is 39.0 Å². The summed E-state index contributed by atoms with van der Waals surface area (Å²) in [4.78, 5) is 12.7. The molecule has 1 amide bonds. The highest BCUT2D eigenvalue weighted by Gasteiger charge is 2.50. The van der Waals surface area contributed by atoms with Crippen molar-refractivity contribution in [3.8, 4) is 0 Å². The minimum absolute atomic E-state index is 0.0553. The van der Waals surface area contributed by atoms with Gasteiger partial charge in [-0.1, -0.05) is 0 Å². The summed E-state index contributed by atoms with van der Waals surface area (Å²) in [5.41, 5.74) is 0. The summed E-state index contributed by atoms with van der Waals surface area (Å²) in [6.45, 7) is 2.15. The smallest absolute Gasteiger partial charge is 0.223 e. The molecule has 0 aromatic rings. The second-order valence-electron chi connectivity index (χ2n) is 7.21. The molecule has 0 aromatic heterocycles. The van der Waals surface area contributed by atoms with E-state index >= 15 is 0 Å². The fourth-order valence-corrected chi connectivity index (χ4v) is 5.83. The van der Waals surface area contributed by atoms with Crippen LogP contribution >= 0.6 is 11.8 Å². The third-order valence-electron chi connectivity index (χ3n) is 5.94. The van der Waals surface area contributed by atoms with E-state index in [-0.39, 0.29) is 29.7 Å². The predicted molar refractivity (Wildman–Crippen MR) is 82.5 cm³/mol. The zero-order chi connectivity index (χ0) is 14.3. The van der Waals surface area contributed by atoms with Crippen molar-refractivity contribution in [3.05, 3.63) is 0 Å². The molecule has 20 heavy (non-hydrogen) atoms. The van der Waals surface area contributed by atoms with Crippen molar-refractivity contribution in [1.29, 1.82) is 0 Å². The first kappa shape index (κ1) is 14.7. The highest BCUT2D eigenvalue weighted by molar-refractivity contribution is 7.99. The molecule has 4 fully saturated rings. The molecule has 0 saturated heterocycles. The molecular formula is C16H27NO2S. The van der Waals surface area contributed by atoms with Crippen molar-refractivity contribution in [3.63, 3.8) is 0 Å². The molecule has 4 heteroatoms. The molecule has 114 valence electrons. The Morgan fingerprint density at radius 2 is 1.75 bits per heavy atom. The molecule has 0 heterocycles. The van der Waals surface area contributed by atoms with Gasteiger partial charge in [0, 0.05) is 17.2 Å². The number of nitrogens with one attached hydrogen (secondary N) is 1. The van der Waals surface area contributed by atoms with E-state index in [0.717, 1.165) is 11.8 Å². The summed E-state index contributed by atoms with van der Waals surface area (Å²) in [7, 11) is 0. The molecule has 4 aliphatic rings. The number of hydrogen-bond donors (Lipinski definition) is 2. The van der Waals surface area contributed by atoms with E-state index in [1.807, 2.05) is 13.2 Å². The van der Waals surface area contributed by atoms with E-state index in [2.05, 4.69) is 5.32 Å². The van der Waals surface area contributed by atoms with E-state index in [0.29, 0.717) is 11.8 Å². The standard InChI is InChI=1S/C16H27NO2S/c1-9(14(8-18)20-2)17-16(19)15-12-4-10-3-11(6-12)7-13(15)5-10/h9-15,18H,3-8H2,1-2H3,(H,17,19). The van der Waals surface area contributed by atoms with Crippen LogP contribution in [0.15, 0.2) is 0 Å². The maximum Gasteiger partial charge on any atom is 0.223 e. The Morgan fingerprint density at radius 1 is 1.20 bits per heavy atom. The zero-order valence-electron chi connectivity index (χ0n) is 12.5. The topological polar surface area (TPSA) is 49.3 Å². The van der Waals surface area contributed by atoms with Crippen molar-refractivity contribution in [2.45, 2.75) is 50.3 Å². The highest BCUT2D eigenvalue weighted by Crippen LogP contribution is 2.56. The van der Waals surface area contributed by atoms with E-state index in [1.165, 1.54) is 32.1 Å². The van der Waals surface area contributed by atoms with Crippen LogP contribution in [0.3, 0.4) is 0 Å². The summed E-state index contributed by atoms with van der Waals surface area (Å²) < 4.78 is 0. The van der Waals surface area contributed by atoms with Crippen LogP contribution in [0.5, 0.6) is 0 Å². The number of aliphatic hydroxyl groups excluding tert-OH is 1. The van der Waals surface area contributed by atoms with E-state index in [4.69, 9.17) is 0 Å². The van der Waals surface area contributed by atoms with Crippen molar-refractivity contribution in [2.75, 3.05) is 12.9 Å². The third kappa shape index (κ3) is 2.61. The fourth-order valence-electron chi connectivity index (χ4n) is 5.20. The molecule has 4 aliphatic carbocycles. The van der Waals surface area contributed by atoms with Crippen molar-refractivity contribution < 1.29 is 9.90 Å². The number of carbonyl (C=O) groups is 1. The van der Waals surface area contributed by atoms with Gasteiger partial charge in [0.15, 0.2) is 0 Å². The zero-order valence-corrected chi connectivity index (χ0v) is 13.4. The molecule has 0 aliphatic heterocycles. The highest BCUT2D eigenvalue weighted by atomic mass is 32.2. The molecule has 3 nitrogen and oxygen atoms in total. The van der Waals surface area contributed by atoms with Crippen molar-refractivity contribution in [1.82, 2.24) is 5.32 Å². The molecule has 0 aromatic carbocycles. The van der Waals surface area contributed by atoms with E-state index in [9.17, 15) is 9.90 Å². The van der Waals surface area contributed by atoms with Crippen LogP contribution in [0.25, 0.3) is 0 Å². The molecule has 4 saturated carbocycles. The lowest BCUT2D eigenvalue weighted by molar-refractivity contribution is -0.138. The van der Waals surface area contributed by atoms with E-state index < -0.39 is 0 Å². The molecule has 4 bridgehead atoms. The average Bonchev–Trinajstić information content (AvgIpc) is 2.38. The largest absolute Gasteiger partial charge is 0.395 e. The molecule has 0 spiro atoms. The van der Waals surface area contributed by atoms with E-state index in [1.54, 1.807) is 11.8 Å². The number of aliphatic hydroxyl groups is 1. The molecule has 2 unspecified atom stereocenters. The minimum atomic E-state index is 0.0553. The maximum atomic E-state index is 12.7. The van der Waals surface area contributed by atoms with Crippen LogP contribution in [0, 0.1) is 29.6 Å². The van der Waals surface area contributed by atoms with Crippen LogP contribution in [-0.2, 0) is 4.79 Å². The summed E-state index contributed by atoms with van der Waals surface area (Å²) in [6.07, 6.45) is 8.55. The van der Waals surface area contributed by atoms with Gasteiger partial charge in [0.05, 0.1) is 6.61 Å². The number of rotatable bonds is 5. The van der Waals surface area contributed by atoms with Crippen LogP contribution in [0.4, 0.5) is 0 Å². The Kier molecular flexibility index (Phi) is 4.32. The van der Waals surface area contributed by atoms with Crippen LogP contribution in [0.2, 0.25) is 0 Å². The van der Waals surface area contributed by atoms with Gasteiger partial charge >= 0.3 is 0 Å². The van der Waals surface area contributed by atoms with Gasteiger partial charge in [-0.15, -0.1) is 0 Å². The Morgan fingerprint density at radius 3 is 2.20 bits per heavy atom. The Bertz CT molecular complexity index is 341. The minimum Gasteiger partial charge on any atom is -0.395 e. The first-order chi connectivity index (χ1) is 9.62. The second-order valence-corrected chi connectivity index (χ2v) is 8.29. The van der Waals surface area contributed by atoms with Gasteiger partial charge in [-0.3, -0.25) is 4.79 Å². The summed E-state index contributed by atoms with van der Waals surface area (Å²) in [6, 6.07) is 0.0553. The SMILES string of the molecule is CSC(CO)C(C)NC(=O)C1C2CC3CC(C2)CC1C3. The Hall–Kier alpha value is -0.220. The molecule has 2 atom stereocenters. The maximum absolute atomic E-state index is 12.7. The molecule has 2 N–H and O–H groups in total. The number of carbonyl (C=O) groups excluding carboxylic acids is 1. The van der Waals surface area contributed by atoms with Gasteiger partial charge < -0.3 is 10.4 Å². The lowest BCUT2D eigenvalue weighted by atomic mass is 9.51. The molecular weight excluding hydrogens is 270 g/mol. The summed E-state index contributed by atoms with van der Waals surface area (Å²) >= 11 is 1.63. The molecule has 4 rings (SSSR count). The monoisotopic (exact) mass is 297 g/mol. The number of amides is 1. The third-order valence-corrected chi connectivity index (χ3v) is 7.10. The van der Waals surface area contributed by atoms with Crippen molar-refractivity contribution in [2.24, 2.45) is 29.6 Å². The summed E-state index contributed by atoms with van der Waals surface area (Å²) in [5.74, 6) is 3.62. The summed E-state index contributed by atoms with van der Waals surface area (Å²) in [5, 5.41) is 12.6. The van der Waals surface area contributed by atoms with Gasteiger partial charge in [-0.25, -0.2) is 0 Å². The Labute approximate surface area is 126 Å². The second kappa shape index (κ2) is 5.88. The van der Waals surface area contributed by atoms with Gasteiger partial charge in [0.25, 0.3) is 0 Å². The average molecular weight is 297 g/mol. The fraction of sp³-hybridized carbons (Fsp3) is 0.938. The normalized spacial score (nSPS) is 41.5. The van der Waals surface area contributed by atoms with Crippen LogP contribution in [-0.4, -0.2) is 35.2 Å². The van der Waals surface area contributed by atoms with Crippen molar-refractivity contribution >= 4 is 17.7 Å². The lowest BCUT2D eigenvalue weighted by Crippen LogP contribution is -2.53. The molecule has 0 radical (unpaired) electrons. The first-order valence-corrected chi connectivity index (χ1v) is 9.35. The van der Waals surface area contributed by atoms with Gasteiger partial charge in [0.1, 0.15) is 0 Å².